The molecular weight excluding hydrogens is 260 g/mol. The Morgan fingerprint density at radius 2 is 2.11 bits per heavy atom. The zero-order chi connectivity index (χ0) is 14.0. The van der Waals surface area contributed by atoms with Crippen molar-refractivity contribution in [1.82, 2.24) is 5.32 Å². The summed E-state index contributed by atoms with van der Waals surface area (Å²) in [5.41, 5.74) is 6.60. The lowest BCUT2D eigenvalue weighted by Crippen LogP contribution is -2.57. The van der Waals surface area contributed by atoms with Gasteiger partial charge in [-0.25, -0.2) is 0 Å². The van der Waals surface area contributed by atoms with Crippen molar-refractivity contribution in [2.75, 3.05) is 13.2 Å². The van der Waals surface area contributed by atoms with E-state index in [2.05, 4.69) is 25.2 Å². The fourth-order valence-electron chi connectivity index (χ4n) is 2.46. The lowest BCUT2D eigenvalue weighted by Gasteiger charge is -2.33. The zero-order valence-corrected chi connectivity index (χ0v) is 12.6. The summed E-state index contributed by atoms with van der Waals surface area (Å²) in [6.45, 7) is 7.31. The highest BCUT2D eigenvalue weighted by atomic mass is 32.1. The fraction of sp³-hybridized carbons (Fsp3) is 0.643. The molecule has 106 valence electrons. The maximum absolute atomic E-state index is 12.3. The van der Waals surface area contributed by atoms with Gasteiger partial charge in [0.2, 0.25) is 5.91 Å². The second-order valence-corrected chi connectivity index (χ2v) is 6.79. The average Bonchev–Trinajstić information content (AvgIpc) is 2.69. The number of rotatable bonds is 3. The number of aryl methyl sites for hydroxylation is 2. The summed E-state index contributed by atoms with van der Waals surface area (Å²) >= 11 is 1.76. The molecule has 0 aliphatic carbocycles. The SMILES string of the molecule is Cc1cc(C(C)NC(=O)C2(N)CCOCC2)c(C)s1. The van der Waals surface area contributed by atoms with Gasteiger partial charge in [0.25, 0.3) is 0 Å². The topological polar surface area (TPSA) is 64.4 Å². The number of carbonyl (C=O) groups excluding carboxylic acids is 1. The summed E-state index contributed by atoms with van der Waals surface area (Å²) < 4.78 is 5.27. The summed E-state index contributed by atoms with van der Waals surface area (Å²) in [6, 6.07) is 2.14. The number of nitrogens with two attached hydrogens (primary N) is 1. The van der Waals surface area contributed by atoms with Crippen LogP contribution in [0.4, 0.5) is 0 Å². The molecule has 4 nitrogen and oxygen atoms in total. The van der Waals surface area contributed by atoms with E-state index in [1.807, 2.05) is 6.92 Å². The normalized spacial score (nSPS) is 20.0. The van der Waals surface area contributed by atoms with Gasteiger partial charge in [0.05, 0.1) is 11.6 Å². The van der Waals surface area contributed by atoms with E-state index in [1.54, 1.807) is 11.3 Å². The number of nitrogens with one attached hydrogen (secondary N) is 1. The van der Waals surface area contributed by atoms with Crippen LogP contribution in [0.3, 0.4) is 0 Å². The minimum atomic E-state index is -0.772. The van der Waals surface area contributed by atoms with E-state index >= 15 is 0 Å². The molecule has 19 heavy (non-hydrogen) atoms. The molecule has 0 spiro atoms. The van der Waals surface area contributed by atoms with Gasteiger partial charge >= 0.3 is 0 Å². The Morgan fingerprint density at radius 3 is 2.63 bits per heavy atom. The molecule has 1 saturated heterocycles. The van der Waals surface area contributed by atoms with Crippen LogP contribution in [0.2, 0.25) is 0 Å². The molecule has 0 radical (unpaired) electrons. The van der Waals surface area contributed by atoms with Crippen LogP contribution >= 0.6 is 11.3 Å². The molecule has 1 amide bonds. The number of thiophene rings is 1. The molecule has 1 fully saturated rings. The summed E-state index contributed by atoms with van der Waals surface area (Å²) in [7, 11) is 0. The Morgan fingerprint density at radius 1 is 1.47 bits per heavy atom. The molecule has 1 aliphatic heterocycles. The van der Waals surface area contributed by atoms with Crippen molar-refractivity contribution >= 4 is 17.2 Å². The highest BCUT2D eigenvalue weighted by Gasteiger charge is 2.36. The predicted molar refractivity (Wildman–Crippen MR) is 77.3 cm³/mol. The van der Waals surface area contributed by atoms with Crippen molar-refractivity contribution in [2.45, 2.75) is 45.2 Å². The van der Waals surface area contributed by atoms with Crippen LogP contribution in [0.25, 0.3) is 0 Å². The van der Waals surface area contributed by atoms with Gasteiger partial charge in [-0.3, -0.25) is 4.79 Å². The predicted octanol–water partition coefficient (Wildman–Crippen LogP) is 2.05. The third kappa shape index (κ3) is 3.16. The largest absolute Gasteiger partial charge is 0.381 e. The second-order valence-electron chi connectivity index (χ2n) is 5.33. The minimum Gasteiger partial charge on any atom is -0.381 e. The third-order valence-corrected chi connectivity index (χ3v) is 4.71. The number of ether oxygens (including phenoxy) is 1. The molecule has 1 aromatic heterocycles. The van der Waals surface area contributed by atoms with Crippen LogP contribution in [-0.2, 0) is 9.53 Å². The highest BCUT2D eigenvalue weighted by molar-refractivity contribution is 7.12. The molecule has 0 saturated carbocycles. The van der Waals surface area contributed by atoms with Gasteiger partial charge in [-0.05, 0) is 45.2 Å². The number of carbonyl (C=O) groups is 1. The van der Waals surface area contributed by atoms with E-state index in [0.717, 1.165) is 0 Å². The summed E-state index contributed by atoms with van der Waals surface area (Å²) in [6.07, 6.45) is 1.18. The van der Waals surface area contributed by atoms with Gasteiger partial charge in [-0.15, -0.1) is 11.3 Å². The standard InChI is InChI=1S/C14H22N2O2S/c1-9-8-12(11(3)19-9)10(2)16-13(17)14(15)4-6-18-7-5-14/h8,10H,4-7,15H2,1-3H3,(H,16,17). The molecule has 1 unspecified atom stereocenters. The first-order chi connectivity index (χ1) is 8.92. The van der Waals surface area contributed by atoms with E-state index in [-0.39, 0.29) is 11.9 Å². The first-order valence-electron chi connectivity index (χ1n) is 6.67. The van der Waals surface area contributed by atoms with Crippen LogP contribution in [-0.4, -0.2) is 24.7 Å². The maximum atomic E-state index is 12.3. The van der Waals surface area contributed by atoms with Gasteiger partial charge in [0.15, 0.2) is 0 Å². The highest BCUT2D eigenvalue weighted by Crippen LogP contribution is 2.27. The van der Waals surface area contributed by atoms with Gasteiger partial charge in [-0.2, -0.15) is 0 Å². The maximum Gasteiger partial charge on any atom is 0.240 e. The van der Waals surface area contributed by atoms with Crippen molar-refractivity contribution < 1.29 is 9.53 Å². The van der Waals surface area contributed by atoms with Crippen LogP contribution in [0.1, 0.15) is 41.1 Å². The van der Waals surface area contributed by atoms with Crippen LogP contribution in [0.5, 0.6) is 0 Å². The minimum absolute atomic E-state index is 0.000667. The van der Waals surface area contributed by atoms with E-state index in [4.69, 9.17) is 10.5 Å². The Hall–Kier alpha value is -0.910. The monoisotopic (exact) mass is 282 g/mol. The van der Waals surface area contributed by atoms with Crippen LogP contribution < -0.4 is 11.1 Å². The molecule has 2 heterocycles. The zero-order valence-electron chi connectivity index (χ0n) is 11.8. The van der Waals surface area contributed by atoms with Crippen molar-refractivity contribution in [3.63, 3.8) is 0 Å². The van der Waals surface area contributed by atoms with Gasteiger partial charge in [0.1, 0.15) is 0 Å². The van der Waals surface area contributed by atoms with E-state index in [9.17, 15) is 4.79 Å². The molecule has 3 N–H and O–H groups in total. The fourth-order valence-corrected chi connectivity index (χ4v) is 3.48. The van der Waals surface area contributed by atoms with E-state index < -0.39 is 5.54 Å². The smallest absolute Gasteiger partial charge is 0.240 e. The second kappa shape index (κ2) is 5.61. The summed E-state index contributed by atoms with van der Waals surface area (Å²) in [5, 5.41) is 3.05. The lowest BCUT2D eigenvalue weighted by molar-refractivity contribution is -0.130. The van der Waals surface area contributed by atoms with Gasteiger partial charge in [-0.1, -0.05) is 0 Å². The third-order valence-electron chi connectivity index (χ3n) is 3.73. The quantitative estimate of drug-likeness (QED) is 0.892. The summed E-state index contributed by atoms with van der Waals surface area (Å²) in [5.74, 6) is -0.0634. The molecule has 0 aromatic carbocycles. The van der Waals surface area contributed by atoms with Crippen molar-refractivity contribution in [3.8, 4) is 0 Å². The number of hydrogen-bond acceptors (Lipinski definition) is 4. The van der Waals surface area contributed by atoms with Gasteiger partial charge in [0, 0.05) is 23.0 Å². The molecule has 2 rings (SSSR count). The van der Waals surface area contributed by atoms with Crippen LogP contribution in [0, 0.1) is 13.8 Å². The number of amides is 1. The van der Waals surface area contributed by atoms with Crippen LogP contribution in [0.15, 0.2) is 6.07 Å². The van der Waals surface area contributed by atoms with Crippen molar-refractivity contribution in [1.29, 1.82) is 0 Å². The first kappa shape index (κ1) is 14.5. The van der Waals surface area contributed by atoms with Crippen molar-refractivity contribution in [2.24, 2.45) is 5.73 Å². The molecule has 0 bridgehead atoms. The van der Waals surface area contributed by atoms with Gasteiger partial charge < -0.3 is 15.8 Å². The molecule has 5 heteroatoms. The molecule has 1 aliphatic rings. The molecule has 1 atom stereocenters. The number of hydrogen-bond donors (Lipinski definition) is 2. The van der Waals surface area contributed by atoms with Crippen molar-refractivity contribution in [3.05, 3.63) is 21.4 Å². The average molecular weight is 282 g/mol. The molecular formula is C14H22N2O2S. The Labute approximate surface area is 118 Å². The Bertz CT molecular complexity index is 464. The Balaban J connectivity index is 2.04. The van der Waals surface area contributed by atoms with E-state index in [1.165, 1.54) is 15.3 Å². The van der Waals surface area contributed by atoms with E-state index in [0.29, 0.717) is 26.1 Å². The summed E-state index contributed by atoms with van der Waals surface area (Å²) in [4.78, 5) is 14.9. The first-order valence-corrected chi connectivity index (χ1v) is 7.48. The lowest BCUT2D eigenvalue weighted by atomic mass is 9.90. The molecule has 1 aromatic rings. The Kier molecular flexibility index (Phi) is 4.28.